The third-order valence-electron chi connectivity index (χ3n) is 11.8. The van der Waals surface area contributed by atoms with E-state index in [9.17, 15) is 28.0 Å². The highest BCUT2D eigenvalue weighted by molar-refractivity contribution is 6.23. The Kier molecular flexibility index (Phi) is 9.14. The van der Waals surface area contributed by atoms with Gasteiger partial charge >= 0.3 is 6.55 Å². The summed E-state index contributed by atoms with van der Waals surface area (Å²) in [5.41, 5.74) is 2.84. The third kappa shape index (κ3) is 6.30. The standard InChI is InChI=1S/C40H38F3N9O4/c41-30-21-31(24-1-3-26-29-22-44-11-7-32(29)51(40(42)43)34(26)19-24)46-47-36(30)50-13-9-23(10-14-50)8-12-48-15-17-49(18-16-48)25-2-4-27-28(20-25)39(56)52(38(27)55)33-5-6-35(53)45-37(33)54/h1-4,7,11,19-23,33,40H,5-6,8-10,12-18H2,(H,45,53,54). The van der Waals surface area contributed by atoms with E-state index in [1.54, 1.807) is 42.6 Å². The first-order chi connectivity index (χ1) is 27.1. The summed E-state index contributed by atoms with van der Waals surface area (Å²) >= 11 is 0. The first-order valence-corrected chi connectivity index (χ1v) is 18.9. The minimum Gasteiger partial charge on any atom is -0.369 e. The smallest absolute Gasteiger partial charge is 0.319 e. The molecule has 288 valence electrons. The van der Waals surface area contributed by atoms with Crippen LogP contribution in [0, 0.1) is 11.7 Å². The maximum Gasteiger partial charge on any atom is 0.319 e. The average Bonchev–Trinajstić information content (AvgIpc) is 3.67. The van der Waals surface area contributed by atoms with Crippen molar-refractivity contribution in [1.29, 1.82) is 0 Å². The summed E-state index contributed by atoms with van der Waals surface area (Å²) in [6, 6.07) is 12.2. The van der Waals surface area contributed by atoms with Crippen molar-refractivity contribution in [2.75, 3.05) is 55.6 Å². The van der Waals surface area contributed by atoms with Crippen LogP contribution in [0.1, 0.15) is 59.4 Å². The van der Waals surface area contributed by atoms with Crippen molar-refractivity contribution in [2.45, 2.75) is 44.7 Å². The molecule has 4 aliphatic rings. The van der Waals surface area contributed by atoms with Crippen molar-refractivity contribution < 1.29 is 32.3 Å². The summed E-state index contributed by atoms with van der Waals surface area (Å²) < 4.78 is 44.7. The van der Waals surface area contributed by atoms with Gasteiger partial charge in [0.05, 0.1) is 27.9 Å². The number of piperidine rings is 2. The lowest BCUT2D eigenvalue weighted by Crippen LogP contribution is -2.54. The summed E-state index contributed by atoms with van der Waals surface area (Å²) in [6.45, 7) is 2.66. The zero-order valence-corrected chi connectivity index (χ0v) is 30.3. The molecule has 1 N–H and O–H groups in total. The molecule has 7 heterocycles. The Labute approximate surface area is 319 Å². The fourth-order valence-electron chi connectivity index (χ4n) is 8.66. The molecule has 56 heavy (non-hydrogen) atoms. The Hall–Kier alpha value is -5.90. The van der Waals surface area contributed by atoms with Gasteiger partial charge in [0.15, 0.2) is 11.6 Å². The minimum atomic E-state index is -2.76. The highest BCUT2D eigenvalue weighted by Crippen LogP contribution is 2.36. The number of hydrogen-bond donors (Lipinski definition) is 1. The van der Waals surface area contributed by atoms with Crippen molar-refractivity contribution in [3.05, 3.63) is 77.9 Å². The predicted octanol–water partition coefficient (Wildman–Crippen LogP) is 5.01. The van der Waals surface area contributed by atoms with E-state index in [-0.39, 0.29) is 35.5 Å². The van der Waals surface area contributed by atoms with E-state index in [0.717, 1.165) is 67.1 Å². The van der Waals surface area contributed by atoms with Crippen molar-refractivity contribution in [3.63, 3.8) is 0 Å². The number of rotatable bonds is 8. The Morgan fingerprint density at radius 3 is 2.32 bits per heavy atom. The normalized spacial score (nSPS) is 19.9. The third-order valence-corrected chi connectivity index (χ3v) is 11.8. The fourth-order valence-corrected chi connectivity index (χ4v) is 8.66. The number of nitrogens with zero attached hydrogens (tertiary/aromatic N) is 8. The quantitative estimate of drug-likeness (QED) is 0.215. The summed E-state index contributed by atoms with van der Waals surface area (Å²) in [4.78, 5) is 62.0. The van der Waals surface area contributed by atoms with Gasteiger partial charge in [0.2, 0.25) is 11.8 Å². The Morgan fingerprint density at radius 2 is 1.57 bits per heavy atom. The highest BCUT2D eigenvalue weighted by atomic mass is 19.3. The highest BCUT2D eigenvalue weighted by Gasteiger charge is 2.45. The van der Waals surface area contributed by atoms with E-state index >= 15 is 4.39 Å². The van der Waals surface area contributed by atoms with Crippen LogP contribution in [-0.4, -0.2) is 105 Å². The van der Waals surface area contributed by atoms with Crippen LogP contribution < -0.4 is 15.1 Å². The fraction of sp³-hybridized carbons (Fsp3) is 0.375. The second-order valence-corrected chi connectivity index (χ2v) is 14.9. The van der Waals surface area contributed by atoms with E-state index in [4.69, 9.17) is 0 Å². The van der Waals surface area contributed by atoms with E-state index in [0.29, 0.717) is 46.4 Å². The predicted molar refractivity (Wildman–Crippen MR) is 201 cm³/mol. The summed E-state index contributed by atoms with van der Waals surface area (Å²) in [7, 11) is 0. The summed E-state index contributed by atoms with van der Waals surface area (Å²) in [6.07, 6.45) is 6.03. The number of fused-ring (bicyclic) bond motifs is 4. The number of anilines is 2. The van der Waals surface area contributed by atoms with Crippen molar-refractivity contribution in [2.24, 2.45) is 5.92 Å². The number of piperazine rings is 1. The molecule has 3 fully saturated rings. The lowest BCUT2D eigenvalue weighted by Gasteiger charge is -2.38. The lowest BCUT2D eigenvalue weighted by molar-refractivity contribution is -0.136. The van der Waals surface area contributed by atoms with Gasteiger partial charge in [-0.1, -0.05) is 12.1 Å². The number of imide groups is 2. The lowest BCUT2D eigenvalue weighted by atomic mass is 9.93. The largest absolute Gasteiger partial charge is 0.369 e. The van der Waals surface area contributed by atoms with Gasteiger partial charge in [-0.15, -0.1) is 10.2 Å². The molecule has 1 atom stereocenters. The van der Waals surface area contributed by atoms with Crippen LogP contribution in [0.15, 0.2) is 60.9 Å². The first-order valence-electron chi connectivity index (χ1n) is 18.9. The number of alkyl halides is 2. The van der Waals surface area contributed by atoms with Gasteiger partial charge < -0.3 is 9.80 Å². The van der Waals surface area contributed by atoms with Crippen LogP contribution in [0.25, 0.3) is 33.1 Å². The number of nitrogens with one attached hydrogen (secondary N) is 1. The molecular weight excluding hydrogens is 727 g/mol. The molecule has 0 bridgehead atoms. The van der Waals surface area contributed by atoms with Gasteiger partial charge in [-0.05, 0) is 68.5 Å². The zero-order chi connectivity index (χ0) is 38.7. The minimum absolute atomic E-state index is 0.0747. The summed E-state index contributed by atoms with van der Waals surface area (Å²) in [5.74, 6) is -1.89. The second kappa shape index (κ2) is 14.3. The number of benzene rings is 2. The molecule has 0 radical (unpaired) electrons. The van der Waals surface area contributed by atoms with Crippen molar-refractivity contribution >= 4 is 56.9 Å². The molecule has 3 aromatic heterocycles. The monoisotopic (exact) mass is 765 g/mol. The molecule has 0 saturated carbocycles. The van der Waals surface area contributed by atoms with E-state index in [2.05, 4.69) is 30.3 Å². The topological polar surface area (TPSA) is 137 Å². The van der Waals surface area contributed by atoms with E-state index in [1.165, 1.54) is 12.3 Å². The number of aromatic nitrogens is 4. The number of carbonyl (C=O) groups excluding carboxylic acids is 4. The van der Waals surface area contributed by atoms with Crippen molar-refractivity contribution in [3.8, 4) is 11.3 Å². The van der Waals surface area contributed by atoms with Crippen LogP contribution in [0.2, 0.25) is 0 Å². The SMILES string of the molecule is O=C1CCC(N2C(=O)c3ccc(N4CCN(CCC5CCN(c6nnc(-c7ccc8c9cnccc9n(C(F)F)c8c7)cc6F)CC5)CC4)cc3C2=O)C(=O)N1. The summed E-state index contributed by atoms with van der Waals surface area (Å²) in [5, 5.41) is 12.0. The number of carbonyl (C=O) groups is 4. The van der Waals surface area contributed by atoms with Gasteiger partial charge in [-0.25, -0.2) is 4.39 Å². The Morgan fingerprint density at radius 1 is 0.786 bits per heavy atom. The molecule has 0 spiro atoms. The van der Waals surface area contributed by atoms with Crippen molar-refractivity contribution in [1.82, 2.24) is 34.9 Å². The van der Waals surface area contributed by atoms with E-state index in [1.807, 2.05) is 11.0 Å². The average molecular weight is 766 g/mol. The second-order valence-electron chi connectivity index (χ2n) is 14.9. The number of pyridine rings is 1. The molecule has 5 aromatic rings. The van der Waals surface area contributed by atoms with Gasteiger partial charge in [-0.3, -0.25) is 43.8 Å². The molecule has 4 amide bonds. The Balaban J connectivity index is 0.770. The van der Waals surface area contributed by atoms with Gasteiger partial charge in [-0.2, -0.15) is 8.78 Å². The molecular formula is C40H38F3N9O4. The zero-order valence-electron chi connectivity index (χ0n) is 30.3. The van der Waals surface area contributed by atoms with Crippen LogP contribution >= 0.6 is 0 Å². The first kappa shape index (κ1) is 35.8. The number of amides is 4. The van der Waals surface area contributed by atoms with Gasteiger partial charge in [0.25, 0.3) is 11.8 Å². The van der Waals surface area contributed by atoms with Gasteiger partial charge in [0.1, 0.15) is 6.04 Å². The number of hydrogen-bond acceptors (Lipinski definition) is 10. The molecule has 2 aromatic carbocycles. The molecule has 4 aliphatic heterocycles. The molecule has 0 aliphatic carbocycles. The number of halogens is 3. The maximum atomic E-state index is 15.5. The maximum absolute atomic E-state index is 15.5. The van der Waals surface area contributed by atoms with Crippen LogP contribution in [-0.2, 0) is 9.59 Å². The van der Waals surface area contributed by atoms with Crippen LogP contribution in [0.5, 0.6) is 0 Å². The van der Waals surface area contributed by atoms with Crippen LogP contribution in [0.4, 0.5) is 24.7 Å². The van der Waals surface area contributed by atoms with Gasteiger partial charge in [0, 0.05) is 86.2 Å². The molecule has 16 heteroatoms. The Bertz CT molecular complexity index is 2410. The molecule has 13 nitrogen and oxygen atoms in total. The molecule has 1 unspecified atom stereocenters. The molecule has 3 saturated heterocycles. The van der Waals surface area contributed by atoms with Crippen LogP contribution in [0.3, 0.4) is 0 Å². The molecule has 9 rings (SSSR count). The van der Waals surface area contributed by atoms with E-state index < -0.39 is 42.0 Å².